The van der Waals surface area contributed by atoms with Crippen LogP contribution in [0.5, 0.6) is 0 Å². The summed E-state index contributed by atoms with van der Waals surface area (Å²) in [7, 11) is 0. The van der Waals surface area contributed by atoms with Gasteiger partial charge in [-0.3, -0.25) is 0 Å². The van der Waals surface area contributed by atoms with Gasteiger partial charge < -0.3 is 9.62 Å². The first-order valence-corrected chi connectivity index (χ1v) is 5.45. The molecule has 2 rings (SSSR count). The number of rotatable bonds is 1. The zero-order chi connectivity index (χ0) is 11.0. The predicted molar refractivity (Wildman–Crippen MR) is 58.6 cm³/mol. The van der Waals surface area contributed by atoms with Crippen molar-refractivity contribution in [2.24, 2.45) is 11.1 Å². The topological polar surface area (TPSA) is 45.7 Å². The van der Waals surface area contributed by atoms with Gasteiger partial charge in [-0.1, -0.05) is 25.9 Å². The maximum atomic E-state index is 8.95. The lowest BCUT2D eigenvalue weighted by Gasteiger charge is -2.17. The van der Waals surface area contributed by atoms with Crippen LogP contribution in [0.15, 0.2) is 15.6 Å². The van der Waals surface area contributed by atoms with E-state index < -0.39 is 0 Å². The molecule has 0 fully saturated rings. The van der Waals surface area contributed by atoms with Crippen molar-refractivity contribution in [1.82, 2.24) is 0 Å². The van der Waals surface area contributed by atoms with Crippen molar-refractivity contribution < 1.29 is 9.62 Å². The van der Waals surface area contributed by atoms with E-state index >= 15 is 0 Å². The highest BCUT2D eigenvalue weighted by Crippen LogP contribution is 2.31. The van der Waals surface area contributed by atoms with Crippen LogP contribution in [0.3, 0.4) is 0 Å². The quantitative estimate of drug-likeness (QED) is 0.568. The van der Waals surface area contributed by atoms with Crippen LogP contribution in [-0.4, -0.2) is 10.9 Å². The summed E-state index contributed by atoms with van der Waals surface area (Å²) in [5.41, 5.74) is 1.76. The maximum absolute atomic E-state index is 8.95. The first kappa shape index (κ1) is 10.3. The smallest absolute Gasteiger partial charge is 0.113 e. The third-order valence-corrected chi connectivity index (χ3v) is 2.90. The Labute approximate surface area is 89.8 Å². The third kappa shape index (κ3) is 1.78. The third-order valence-electron chi connectivity index (χ3n) is 2.90. The molecule has 0 spiro atoms. The van der Waals surface area contributed by atoms with Crippen molar-refractivity contribution in [2.45, 2.75) is 39.5 Å². The Kier molecular flexibility index (Phi) is 2.55. The molecule has 1 atom stereocenters. The van der Waals surface area contributed by atoms with Crippen LogP contribution in [-0.2, 0) is 6.42 Å². The lowest BCUT2D eigenvalue weighted by Crippen LogP contribution is -2.16. The summed E-state index contributed by atoms with van der Waals surface area (Å²) in [5, 5.41) is 12.3. The Morgan fingerprint density at radius 1 is 1.47 bits per heavy atom. The number of nitrogens with zero attached hydrogens (tertiary/aromatic N) is 1. The minimum absolute atomic E-state index is 0.380. The van der Waals surface area contributed by atoms with E-state index in [1.165, 1.54) is 0 Å². The van der Waals surface area contributed by atoms with Gasteiger partial charge in [-0.2, -0.15) is 0 Å². The summed E-state index contributed by atoms with van der Waals surface area (Å²) in [5.74, 6) is 2.83. The number of fused-ring (bicyclic) bond motifs is 1. The number of hydrogen-bond donors (Lipinski definition) is 1. The molecule has 1 aliphatic rings. The number of oxime groups is 1. The minimum atomic E-state index is 0.380. The standard InChI is InChI=1S/C12H17NO2/c1-7(2)11-6-9-10(13-14)4-8(3)5-12(9)15-11/h6-8,14H,4-5H2,1-3H3/b13-10-. The maximum Gasteiger partial charge on any atom is 0.113 e. The number of hydrogen-bond acceptors (Lipinski definition) is 3. The molecule has 0 aliphatic heterocycles. The lowest BCUT2D eigenvalue weighted by atomic mass is 9.88. The molecule has 82 valence electrons. The summed E-state index contributed by atoms with van der Waals surface area (Å²) in [6.45, 7) is 6.35. The van der Waals surface area contributed by atoms with E-state index in [1.54, 1.807) is 0 Å². The van der Waals surface area contributed by atoms with Gasteiger partial charge in [0.25, 0.3) is 0 Å². The molecule has 1 unspecified atom stereocenters. The summed E-state index contributed by atoms with van der Waals surface area (Å²) in [4.78, 5) is 0. The SMILES string of the molecule is CC1C/C(=N/O)c2cc(C(C)C)oc2C1. The van der Waals surface area contributed by atoms with Gasteiger partial charge in [0.05, 0.1) is 5.71 Å². The van der Waals surface area contributed by atoms with Crippen LogP contribution in [0.4, 0.5) is 0 Å². The summed E-state index contributed by atoms with van der Waals surface area (Å²) < 4.78 is 5.78. The molecule has 0 radical (unpaired) electrons. The molecule has 1 aromatic rings. The van der Waals surface area contributed by atoms with E-state index in [9.17, 15) is 0 Å². The van der Waals surface area contributed by atoms with Crippen LogP contribution < -0.4 is 0 Å². The molecule has 15 heavy (non-hydrogen) atoms. The molecule has 3 heteroatoms. The fourth-order valence-electron chi connectivity index (χ4n) is 2.05. The highest BCUT2D eigenvalue weighted by atomic mass is 16.4. The Balaban J connectivity index is 2.44. The molecule has 0 saturated carbocycles. The molecular formula is C12H17NO2. The molecule has 1 N–H and O–H groups in total. The lowest BCUT2D eigenvalue weighted by molar-refractivity contribution is 0.314. The average Bonchev–Trinajstić information content (AvgIpc) is 2.59. The summed E-state index contributed by atoms with van der Waals surface area (Å²) in [6.07, 6.45) is 1.78. The Hall–Kier alpha value is -1.25. The van der Waals surface area contributed by atoms with E-state index in [4.69, 9.17) is 9.62 Å². The van der Waals surface area contributed by atoms with Crippen molar-refractivity contribution in [3.63, 3.8) is 0 Å². The van der Waals surface area contributed by atoms with E-state index in [0.29, 0.717) is 11.8 Å². The Bertz CT molecular complexity index is 390. The van der Waals surface area contributed by atoms with Crippen molar-refractivity contribution in [3.05, 3.63) is 23.2 Å². The molecule has 0 saturated heterocycles. The molecule has 0 amide bonds. The van der Waals surface area contributed by atoms with Gasteiger partial charge in [-0.05, 0) is 18.4 Å². The normalized spacial score (nSPS) is 23.5. The Morgan fingerprint density at radius 3 is 2.80 bits per heavy atom. The van der Waals surface area contributed by atoms with Gasteiger partial charge >= 0.3 is 0 Å². The fraction of sp³-hybridized carbons (Fsp3) is 0.583. The second-order valence-corrected chi connectivity index (χ2v) is 4.70. The van der Waals surface area contributed by atoms with Gasteiger partial charge in [-0.15, -0.1) is 0 Å². The van der Waals surface area contributed by atoms with E-state index in [0.717, 1.165) is 35.6 Å². The van der Waals surface area contributed by atoms with E-state index in [1.807, 2.05) is 6.07 Å². The molecule has 3 nitrogen and oxygen atoms in total. The zero-order valence-electron chi connectivity index (χ0n) is 9.45. The second-order valence-electron chi connectivity index (χ2n) is 4.70. The van der Waals surface area contributed by atoms with Crippen molar-refractivity contribution >= 4 is 5.71 Å². The van der Waals surface area contributed by atoms with E-state index in [2.05, 4.69) is 25.9 Å². The highest BCUT2D eigenvalue weighted by molar-refractivity contribution is 6.02. The van der Waals surface area contributed by atoms with Gasteiger partial charge in [0.1, 0.15) is 11.5 Å². The first-order chi connectivity index (χ1) is 7.11. The molecule has 1 aliphatic carbocycles. The zero-order valence-corrected chi connectivity index (χ0v) is 9.45. The molecule has 1 heterocycles. The van der Waals surface area contributed by atoms with Gasteiger partial charge in [-0.25, -0.2) is 0 Å². The van der Waals surface area contributed by atoms with Crippen molar-refractivity contribution in [1.29, 1.82) is 0 Å². The highest BCUT2D eigenvalue weighted by Gasteiger charge is 2.26. The molecule has 0 aromatic carbocycles. The predicted octanol–water partition coefficient (Wildman–Crippen LogP) is 3.16. The van der Waals surface area contributed by atoms with Crippen molar-refractivity contribution in [2.75, 3.05) is 0 Å². The average molecular weight is 207 g/mol. The van der Waals surface area contributed by atoms with Crippen LogP contribution in [0.1, 0.15) is 50.2 Å². The van der Waals surface area contributed by atoms with Crippen LogP contribution in [0.2, 0.25) is 0 Å². The Morgan fingerprint density at radius 2 is 2.20 bits per heavy atom. The second kappa shape index (κ2) is 3.72. The number of furan rings is 1. The van der Waals surface area contributed by atoms with Gasteiger partial charge in [0, 0.05) is 17.9 Å². The van der Waals surface area contributed by atoms with Crippen LogP contribution >= 0.6 is 0 Å². The fourth-order valence-corrected chi connectivity index (χ4v) is 2.05. The van der Waals surface area contributed by atoms with Crippen molar-refractivity contribution in [3.8, 4) is 0 Å². The van der Waals surface area contributed by atoms with Gasteiger partial charge in [0.2, 0.25) is 0 Å². The van der Waals surface area contributed by atoms with Crippen LogP contribution in [0.25, 0.3) is 0 Å². The monoisotopic (exact) mass is 207 g/mol. The molecule has 0 bridgehead atoms. The molecule has 1 aromatic heterocycles. The molecular weight excluding hydrogens is 190 g/mol. The van der Waals surface area contributed by atoms with E-state index in [-0.39, 0.29) is 0 Å². The minimum Gasteiger partial charge on any atom is -0.465 e. The first-order valence-electron chi connectivity index (χ1n) is 5.45. The summed E-state index contributed by atoms with van der Waals surface area (Å²) in [6, 6.07) is 2.01. The van der Waals surface area contributed by atoms with Gasteiger partial charge in [0.15, 0.2) is 0 Å². The largest absolute Gasteiger partial charge is 0.465 e. The van der Waals surface area contributed by atoms with Crippen LogP contribution in [0, 0.1) is 5.92 Å². The summed E-state index contributed by atoms with van der Waals surface area (Å²) >= 11 is 0.